The highest BCUT2D eigenvalue weighted by Crippen LogP contribution is 2.21. The molecule has 90 valence electrons. The summed E-state index contributed by atoms with van der Waals surface area (Å²) in [4.78, 5) is 16.0. The van der Waals surface area contributed by atoms with Gasteiger partial charge in [-0.05, 0) is 37.9 Å². The number of hydrogen-bond donors (Lipinski definition) is 1. The number of nitrogens with two attached hydrogens (primary N) is 1. The number of carbonyl (C=O) groups excluding carboxylic acids is 1. The van der Waals surface area contributed by atoms with Gasteiger partial charge in [-0.1, -0.05) is 0 Å². The Balaban J connectivity index is 0.00000128. The molecule has 0 spiro atoms. The molecule has 0 aliphatic carbocycles. The van der Waals surface area contributed by atoms with Gasteiger partial charge >= 0.3 is 0 Å². The quantitative estimate of drug-likeness (QED) is 0.883. The van der Waals surface area contributed by atoms with Gasteiger partial charge in [-0.25, -0.2) is 0 Å². The summed E-state index contributed by atoms with van der Waals surface area (Å²) in [6.07, 6.45) is 1.05. The maximum Gasteiger partial charge on any atom is 0.263 e. The molecule has 3 nitrogen and oxygen atoms in total. The Labute approximate surface area is 106 Å². The van der Waals surface area contributed by atoms with Crippen LogP contribution in [0.5, 0.6) is 0 Å². The van der Waals surface area contributed by atoms with Crippen molar-refractivity contribution in [2.24, 2.45) is 11.7 Å². The summed E-state index contributed by atoms with van der Waals surface area (Å²) < 4.78 is 0. The topological polar surface area (TPSA) is 46.3 Å². The third-order valence-electron chi connectivity index (χ3n) is 2.86. The minimum absolute atomic E-state index is 0. The SMILES string of the molecule is Cc1ccc(C(=O)N2CCC(CN)C2)s1.Cl. The molecular formula is C11H17ClN2OS. The summed E-state index contributed by atoms with van der Waals surface area (Å²) in [6, 6.07) is 3.91. The molecule has 1 fully saturated rings. The largest absolute Gasteiger partial charge is 0.338 e. The second kappa shape index (κ2) is 5.66. The lowest BCUT2D eigenvalue weighted by Crippen LogP contribution is -2.29. The molecule has 0 bridgehead atoms. The molecule has 2 N–H and O–H groups in total. The maximum absolute atomic E-state index is 12.0. The molecule has 5 heteroatoms. The number of amides is 1. The Kier molecular flexibility index (Phi) is 4.77. The summed E-state index contributed by atoms with van der Waals surface area (Å²) >= 11 is 1.57. The second-order valence-electron chi connectivity index (χ2n) is 4.05. The molecule has 1 saturated heterocycles. The molecule has 2 rings (SSSR count). The van der Waals surface area contributed by atoms with Crippen molar-refractivity contribution in [3.8, 4) is 0 Å². The van der Waals surface area contributed by atoms with E-state index in [4.69, 9.17) is 5.73 Å². The zero-order chi connectivity index (χ0) is 10.8. The molecule has 0 radical (unpaired) electrons. The maximum atomic E-state index is 12.0. The van der Waals surface area contributed by atoms with Crippen LogP contribution in [0.25, 0.3) is 0 Å². The molecule has 2 heterocycles. The molecule has 1 aromatic heterocycles. The average molecular weight is 261 g/mol. The van der Waals surface area contributed by atoms with Gasteiger partial charge in [-0.3, -0.25) is 4.79 Å². The van der Waals surface area contributed by atoms with Crippen LogP contribution in [0, 0.1) is 12.8 Å². The van der Waals surface area contributed by atoms with Crippen molar-refractivity contribution in [1.82, 2.24) is 4.90 Å². The Hall–Kier alpha value is -0.580. The van der Waals surface area contributed by atoms with Gasteiger partial charge in [0.1, 0.15) is 0 Å². The predicted molar refractivity (Wildman–Crippen MR) is 69.4 cm³/mol. The van der Waals surface area contributed by atoms with E-state index in [0.29, 0.717) is 12.5 Å². The van der Waals surface area contributed by atoms with E-state index in [2.05, 4.69) is 0 Å². The van der Waals surface area contributed by atoms with Crippen LogP contribution < -0.4 is 5.73 Å². The minimum Gasteiger partial charge on any atom is -0.338 e. The van der Waals surface area contributed by atoms with Crippen LogP contribution in [0.3, 0.4) is 0 Å². The van der Waals surface area contributed by atoms with Crippen molar-refractivity contribution in [3.63, 3.8) is 0 Å². The number of carbonyl (C=O) groups is 1. The highest BCUT2D eigenvalue weighted by Gasteiger charge is 2.26. The first kappa shape index (κ1) is 13.5. The second-order valence-corrected chi connectivity index (χ2v) is 5.34. The number of halogens is 1. The smallest absolute Gasteiger partial charge is 0.263 e. The van der Waals surface area contributed by atoms with Gasteiger partial charge < -0.3 is 10.6 Å². The average Bonchev–Trinajstić information content (AvgIpc) is 2.84. The van der Waals surface area contributed by atoms with Gasteiger partial charge in [0.15, 0.2) is 0 Å². The van der Waals surface area contributed by atoms with Gasteiger partial charge in [0.2, 0.25) is 0 Å². The first-order valence-electron chi connectivity index (χ1n) is 5.26. The number of rotatable bonds is 2. The number of likely N-dealkylation sites (tertiary alicyclic amines) is 1. The van der Waals surface area contributed by atoms with Crippen LogP contribution in [0.1, 0.15) is 21.0 Å². The van der Waals surface area contributed by atoms with E-state index < -0.39 is 0 Å². The Morgan fingerprint density at radius 3 is 2.88 bits per heavy atom. The van der Waals surface area contributed by atoms with Gasteiger partial charge in [0.25, 0.3) is 5.91 Å². The summed E-state index contributed by atoms with van der Waals surface area (Å²) in [7, 11) is 0. The summed E-state index contributed by atoms with van der Waals surface area (Å²) in [5, 5.41) is 0. The molecule has 1 amide bonds. The number of thiophene rings is 1. The van der Waals surface area contributed by atoms with Crippen LogP contribution >= 0.6 is 23.7 Å². The Morgan fingerprint density at radius 2 is 2.38 bits per heavy atom. The molecule has 0 aromatic carbocycles. The van der Waals surface area contributed by atoms with Crippen LogP contribution in [-0.4, -0.2) is 30.4 Å². The van der Waals surface area contributed by atoms with Crippen LogP contribution in [0.2, 0.25) is 0 Å². The summed E-state index contributed by atoms with van der Waals surface area (Å²) in [5.41, 5.74) is 5.60. The zero-order valence-corrected chi connectivity index (χ0v) is 10.9. The lowest BCUT2D eigenvalue weighted by molar-refractivity contribution is 0.0792. The van der Waals surface area contributed by atoms with Crippen molar-refractivity contribution >= 4 is 29.7 Å². The first-order chi connectivity index (χ1) is 7.20. The fraction of sp³-hybridized carbons (Fsp3) is 0.545. The van der Waals surface area contributed by atoms with Gasteiger partial charge in [0.05, 0.1) is 4.88 Å². The standard InChI is InChI=1S/C11H16N2OS.ClH/c1-8-2-3-10(15-8)11(14)13-5-4-9(6-12)7-13;/h2-3,9H,4-7,12H2,1H3;1H. The molecule has 1 unspecified atom stereocenters. The van der Waals surface area contributed by atoms with E-state index in [1.807, 2.05) is 24.0 Å². The molecule has 1 aliphatic heterocycles. The van der Waals surface area contributed by atoms with Crippen molar-refractivity contribution in [1.29, 1.82) is 0 Å². The third kappa shape index (κ3) is 2.75. The van der Waals surface area contributed by atoms with E-state index in [0.717, 1.165) is 24.4 Å². The summed E-state index contributed by atoms with van der Waals surface area (Å²) in [5.74, 6) is 0.666. The molecular weight excluding hydrogens is 244 g/mol. The van der Waals surface area contributed by atoms with Gasteiger partial charge in [-0.15, -0.1) is 23.7 Å². The van der Waals surface area contributed by atoms with E-state index in [9.17, 15) is 4.79 Å². The molecule has 16 heavy (non-hydrogen) atoms. The van der Waals surface area contributed by atoms with E-state index in [-0.39, 0.29) is 18.3 Å². The molecule has 1 aromatic rings. The number of aryl methyl sites for hydroxylation is 1. The molecule has 0 saturated carbocycles. The van der Waals surface area contributed by atoms with Gasteiger partial charge in [-0.2, -0.15) is 0 Å². The first-order valence-corrected chi connectivity index (χ1v) is 6.08. The molecule has 1 aliphatic rings. The Morgan fingerprint density at radius 1 is 1.62 bits per heavy atom. The number of hydrogen-bond acceptors (Lipinski definition) is 3. The van der Waals surface area contributed by atoms with E-state index in [1.165, 1.54) is 4.88 Å². The lowest BCUT2D eigenvalue weighted by Gasteiger charge is -2.14. The van der Waals surface area contributed by atoms with Crippen molar-refractivity contribution < 1.29 is 4.79 Å². The highest BCUT2D eigenvalue weighted by molar-refractivity contribution is 7.13. The highest BCUT2D eigenvalue weighted by atomic mass is 35.5. The van der Waals surface area contributed by atoms with Crippen molar-refractivity contribution in [3.05, 3.63) is 21.9 Å². The lowest BCUT2D eigenvalue weighted by atomic mass is 10.1. The molecule has 1 atom stereocenters. The van der Waals surface area contributed by atoms with Crippen molar-refractivity contribution in [2.75, 3.05) is 19.6 Å². The van der Waals surface area contributed by atoms with Crippen molar-refractivity contribution in [2.45, 2.75) is 13.3 Å². The summed E-state index contributed by atoms with van der Waals surface area (Å²) in [6.45, 7) is 4.39. The van der Waals surface area contributed by atoms with Crippen LogP contribution in [0.15, 0.2) is 12.1 Å². The zero-order valence-electron chi connectivity index (χ0n) is 9.31. The third-order valence-corrected chi connectivity index (χ3v) is 3.85. The predicted octanol–water partition coefficient (Wildman–Crippen LogP) is 1.90. The van der Waals surface area contributed by atoms with Crippen LogP contribution in [0.4, 0.5) is 0 Å². The van der Waals surface area contributed by atoms with E-state index in [1.54, 1.807) is 11.3 Å². The monoisotopic (exact) mass is 260 g/mol. The van der Waals surface area contributed by atoms with E-state index >= 15 is 0 Å². The van der Waals surface area contributed by atoms with Gasteiger partial charge in [0, 0.05) is 18.0 Å². The minimum atomic E-state index is 0. The van der Waals surface area contributed by atoms with Crippen LogP contribution in [-0.2, 0) is 0 Å². The number of nitrogens with zero attached hydrogens (tertiary/aromatic N) is 1. The normalized spacial score (nSPS) is 19.6. The fourth-order valence-corrected chi connectivity index (χ4v) is 2.75. The fourth-order valence-electron chi connectivity index (χ4n) is 1.91. The Bertz CT molecular complexity index is 367.